The van der Waals surface area contributed by atoms with Crippen molar-refractivity contribution < 1.29 is 19.5 Å². The Morgan fingerprint density at radius 2 is 1.90 bits per heavy atom. The van der Waals surface area contributed by atoms with Crippen LogP contribution in [0.3, 0.4) is 0 Å². The molecule has 0 spiro atoms. The predicted octanol–water partition coefficient (Wildman–Crippen LogP) is 1.51. The van der Waals surface area contributed by atoms with E-state index in [1.165, 1.54) is 4.90 Å². The summed E-state index contributed by atoms with van der Waals surface area (Å²) in [5.41, 5.74) is 1.20. The van der Waals surface area contributed by atoms with Gasteiger partial charge in [0.2, 0.25) is 11.8 Å². The van der Waals surface area contributed by atoms with Crippen molar-refractivity contribution in [2.45, 2.75) is 25.7 Å². The molecule has 0 unspecified atom stereocenters. The summed E-state index contributed by atoms with van der Waals surface area (Å²) in [4.78, 5) is 35.2. The molecular weight excluding hydrogens is 272 g/mol. The molecule has 0 saturated heterocycles. The lowest BCUT2D eigenvalue weighted by atomic mass is 10.1. The highest BCUT2D eigenvalue weighted by molar-refractivity contribution is 5.91. The number of carboxylic acid groups (broad SMARTS) is 1. The first kappa shape index (κ1) is 16.7. The Morgan fingerprint density at radius 1 is 1.19 bits per heavy atom. The van der Waals surface area contributed by atoms with Crippen LogP contribution in [0.2, 0.25) is 0 Å². The molecule has 1 rings (SSSR count). The van der Waals surface area contributed by atoms with Crippen LogP contribution in [0.15, 0.2) is 24.3 Å². The molecule has 0 aliphatic heterocycles. The lowest BCUT2D eigenvalue weighted by Crippen LogP contribution is -2.21. The third kappa shape index (κ3) is 6.56. The highest BCUT2D eigenvalue weighted by atomic mass is 16.4. The number of rotatable bonds is 7. The molecule has 0 atom stereocenters. The maximum Gasteiger partial charge on any atom is 0.307 e. The second-order valence-corrected chi connectivity index (χ2v) is 4.96. The molecule has 0 radical (unpaired) electrons. The molecule has 6 nitrogen and oxygen atoms in total. The Kier molecular flexibility index (Phi) is 6.39. The average Bonchev–Trinajstić information content (AvgIpc) is 2.37. The fourth-order valence-corrected chi connectivity index (χ4v) is 1.78. The van der Waals surface area contributed by atoms with E-state index in [2.05, 4.69) is 5.32 Å². The van der Waals surface area contributed by atoms with E-state index in [-0.39, 0.29) is 24.7 Å². The van der Waals surface area contributed by atoms with Crippen molar-refractivity contribution in [1.29, 1.82) is 0 Å². The van der Waals surface area contributed by atoms with E-state index in [1.54, 1.807) is 38.4 Å². The molecule has 114 valence electrons. The number of nitrogens with one attached hydrogen (secondary N) is 1. The fraction of sp³-hybridized carbons (Fsp3) is 0.400. The molecule has 0 saturated carbocycles. The van der Waals surface area contributed by atoms with Crippen LogP contribution in [0.1, 0.15) is 24.8 Å². The van der Waals surface area contributed by atoms with E-state index in [9.17, 15) is 14.4 Å². The lowest BCUT2D eigenvalue weighted by Gasteiger charge is -2.10. The molecule has 2 amide bonds. The Bertz CT molecular complexity index is 526. The molecular formula is C15H20N2O4. The Morgan fingerprint density at radius 3 is 2.52 bits per heavy atom. The fourth-order valence-electron chi connectivity index (χ4n) is 1.78. The molecule has 0 bridgehead atoms. The standard InChI is InChI=1S/C15H20N2O4/c1-17(2)14(19)8-4-7-13(18)16-12-6-3-5-11(9-12)10-15(20)21/h3,5-6,9H,4,7-8,10H2,1-2H3,(H,16,18)(H,20,21). The van der Waals surface area contributed by atoms with Gasteiger partial charge in [0, 0.05) is 32.6 Å². The van der Waals surface area contributed by atoms with Crippen LogP contribution in [0.25, 0.3) is 0 Å². The van der Waals surface area contributed by atoms with Crippen LogP contribution < -0.4 is 5.32 Å². The summed E-state index contributed by atoms with van der Waals surface area (Å²) >= 11 is 0. The topological polar surface area (TPSA) is 86.7 Å². The minimum Gasteiger partial charge on any atom is -0.481 e. The van der Waals surface area contributed by atoms with Crippen molar-refractivity contribution in [3.8, 4) is 0 Å². The third-order valence-corrected chi connectivity index (χ3v) is 2.86. The van der Waals surface area contributed by atoms with Gasteiger partial charge in [-0.1, -0.05) is 12.1 Å². The third-order valence-electron chi connectivity index (χ3n) is 2.86. The van der Waals surface area contributed by atoms with Crippen molar-refractivity contribution in [2.75, 3.05) is 19.4 Å². The molecule has 1 aromatic carbocycles. The lowest BCUT2D eigenvalue weighted by molar-refractivity contribution is -0.136. The summed E-state index contributed by atoms with van der Waals surface area (Å²) in [5, 5.41) is 11.4. The Hall–Kier alpha value is -2.37. The number of hydrogen-bond donors (Lipinski definition) is 2. The minimum absolute atomic E-state index is 0.00810. The van der Waals surface area contributed by atoms with Crippen molar-refractivity contribution >= 4 is 23.5 Å². The van der Waals surface area contributed by atoms with Gasteiger partial charge in [-0.3, -0.25) is 14.4 Å². The van der Waals surface area contributed by atoms with Gasteiger partial charge >= 0.3 is 5.97 Å². The number of amides is 2. The Balaban J connectivity index is 2.44. The van der Waals surface area contributed by atoms with E-state index in [4.69, 9.17) is 5.11 Å². The first-order chi connectivity index (χ1) is 9.88. The van der Waals surface area contributed by atoms with E-state index < -0.39 is 5.97 Å². The second kappa shape index (κ2) is 8.04. The van der Waals surface area contributed by atoms with Gasteiger partial charge < -0.3 is 15.3 Å². The number of anilines is 1. The van der Waals surface area contributed by atoms with Crippen LogP contribution in [-0.2, 0) is 20.8 Å². The van der Waals surface area contributed by atoms with Gasteiger partial charge in [0.05, 0.1) is 6.42 Å². The average molecular weight is 292 g/mol. The molecule has 0 aromatic heterocycles. The van der Waals surface area contributed by atoms with Gasteiger partial charge in [0.15, 0.2) is 0 Å². The summed E-state index contributed by atoms with van der Waals surface area (Å²) in [6.07, 6.45) is 0.987. The maximum atomic E-state index is 11.7. The SMILES string of the molecule is CN(C)C(=O)CCCC(=O)Nc1cccc(CC(=O)O)c1. The molecule has 0 aliphatic rings. The molecule has 1 aromatic rings. The van der Waals surface area contributed by atoms with Crippen LogP contribution in [0.5, 0.6) is 0 Å². The molecule has 0 aliphatic carbocycles. The van der Waals surface area contributed by atoms with Crippen LogP contribution in [-0.4, -0.2) is 41.9 Å². The number of benzene rings is 1. The first-order valence-corrected chi connectivity index (χ1v) is 6.69. The summed E-state index contributed by atoms with van der Waals surface area (Å²) in [7, 11) is 3.35. The van der Waals surface area contributed by atoms with Crippen LogP contribution >= 0.6 is 0 Å². The highest BCUT2D eigenvalue weighted by Gasteiger charge is 2.08. The monoisotopic (exact) mass is 292 g/mol. The van der Waals surface area contributed by atoms with E-state index in [0.29, 0.717) is 24.1 Å². The van der Waals surface area contributed by atoms with E-state index in [0.717, 1.165) is 0 Å². The zero-order chi connectivity index (χ0) is 15.8. The van der Waals surface area contributed by atoms with Crippen LogP contribution in [0, 0.1) is 0 Å². The summed E-state index contributed by atoms with van der Waals surface area (Å²) in [6, 6.07) is 6.73. The highest BCUT2D eigenvalue weighted by Crippen LogP contribution is 2.12. The van der Waals surface area contributed by atoms with Gasteiger partial charge in [-0.15, -0.1) is 0 Å². The van der Waals surface area contributed by atoms with Crippen molar-refractivity contribution in [3.63, 3.8) is 0 Å². The van der Waals surface area contributed by atoms with Crippen molar-refractivity contribution in [1.82, 2.24) is 4.90 Å². The molecule has 2 N–H and O–H groups in total. The zero-order valence-electron chi connectivity index (χ0n) is 12.3. The number of nitrogens with zero attached hydrogens (tertiary/aromatic N) is 1. The first-order valence-electron chi connectivity index (χ1n) is 6.69. The Labute approximate surface area is 123 Å². The van der Waals surface area contributed by atoms with E-state index >= 15 is 0 Å². The molecule has 0 heterocycles. The quantitative estimate of drug-likeness (QED) is 0.797. The van der Waals surface area contributed by atoms with Gasteiger partial charge in [-0.2, -0.15) is 0 Å². The number of aliphatic carboxylic acids is 1. The molecule has 21 heavy (non-hydrogen) atoms. The van der Waals surface area contributed by atoms with Gasteiger partial charge in [-0.25, -0.2) is 0 Å². The van der Waals surface area contributed by atoms with Gasteiger partial charge in [0.25, 0.3) is 0 Å². The molecule has 6 heteroatoms. The summed E-state index contributed by atoms with van der Waals surface area (Å²) < 4.78 is 0. The normalized spacial score (nSPS) is 10.0. The van der Waals surface area contributed by atoms with Crippen molar-refractivity contribution in [2.24, 2.45) is 0 Å². The summed E-state index contributed by atoms with van der Waals surface area (Å²) in [6.45, 7) is 0. The number of carbonyl (C=O) groups excluding carboxylic acids is 2. The maximum absolute atomic E-state index is 11.7. The second-order valence-electron chi connectivity index (χ2n) is 4.96. The number of carbonyl (C=O) groups is 3. The largest absolute Gasteiger partial charge is 0.481 e. The van der Waals surface area contributed by atoms with Crippen LogP contribution in [0.4, 0.5) is 5.69 Å². The van der Waals surface area contributed by atoms with Crippen molar-refractivity contribution in [3.05, 3.63) is 29.8 Å². The smallest absolute Gasteiger partial charge is 0.307 e. The zero-order valence-corrected chi connectivity index (χ0v) is 12.3. The number of hydrogen-bond acceptors (Lipinski definition) is 3. The van der Waals surface area contributed by atoms with Gasteiger partial charge in [0.1, 0.15) is 0 Å². The predicted molar refractivity (Wildman–Crippen MR) is 79.0 cm³/mol. The van der Waals surface area contributed by atoms with Gasteiger partial charge in [-0.05, 0) is 24.1 Å². The number of carboxylic acids is 1. The molecule has 0 fully saturated rings. The summed E-state index contributed by atoms with van der Waals surface area (Å²) in [5.74, 6) is -1.11. The minimum atomic E-state index is -0.916. The van der Waals surface area contributed by atoms with E-state index in [1.807, 2.05) is 0 Å².